The zero-order chi connectivity index (χ0) is 13.0. The average Bonchev–Trinajstić information content (AvgIpc) is 2.85. The van der Waals surface area contributed by atoms with Gasteiger partial charge in [-0.1, -0.05) is 0 Å². The molecule has 0 aliphatic heterocycles. The normalized spacial score (nSPS) is 10.3. The summed E-state index contributed by atoms with van der Waals surface area (Å²) < 4.78 is 17.4. The maximum Gasteiger partial charge on any atom is 0.305 e. The van der Waals surface area contributed by atoms with Gasteiger partial charge in [-0.15, -0.1) is 11.3 Å². The van der Waals surface area contributed by atoms with Gasteiger partial charge in [0.05, 0.1) is 19.2 Å². The first-order chi connectivity index (χ1) is 8.69. The molecule has 5 heteroatoms. The number of aromatic nitrogens is 1. The summed E-state index contributed by atoms with van der Waals surface area (Å²) in [5.41, 5.74) is 1.73. The van der Waals surface area contributed by atoms with E-state index in [0.717, 1.165) is 16.3 Å². The van der Waals surface area contributed by atoms with Crippen molar-refractivity contribution in [1.29, 1.82) is 0 Å². The zero-order valence-electron chi connectivity index (χ0n) is 9.85. The number of hydrogen-bond acceptors (Lipinski definition) is 4. The third-order valence-electron chi connectivity index (χ3n) is 2.46. The highest BCUT2D eigenvalue weighted by molar-refractivity contribution is 7.13. The van der Waals surface area contributed by atoms with Gasteiger partial charge in [-0.25, -0.2) is 9.37 Å². The molecule has 0 bridgehead atoms. The van der Waals surface area contributed by atoms with Crippen LogP contribution in [0, 0.1) is 5.82 Å². The molecule has 0 unspecified atom stereocenters. The van der Waals surface area contributed by atoms with Crippen LogP contribution >= 0.6 is 11.3 Å². The molecule has 0 spiro atoms. The number of nitrogens with zero attached hydrogens (tertiary/aromatic N) is 1. The van der Waals surface area contributed by atoms with Crippen LogP contribution in [0.3, 0.4) is 0 Å². The fourth-order valence-electron chi connectivity index (χ4n) is 1.48. The molecule has 0 aliphatic carbocycles. The molecule has 0 saturated heterocycles. The van der Waals surface area contributed by atoms with Crippen LogP contribution in [-0.2, 0) is 16.0 Å². The Kier molecular flexibility index (Phi) is 4.04. The van der Waals surface area contributed by atoms with Crippen LogP contribution in [0.2, 0.25) is 0 Å². The lowest BCUT2D eigenvalue weighted by Crippen LogP contribution is -2.01. The maximum absolute atomic E-state index is 12.8. The van der Waals surface area contributed by atoms with E-state index in [9.17, 15) is 9.18 Å². The number of ether oxygens (including phenoxy) is 1. The summed E-state index contributed by atoms with van der Waals surface area (Å²) in [4.78, 5) is 15.4. The molecular weight excluding hydrogens is 253 g/mol. The van der Waals surface area contributed by atoms with Crippen molar-refractivity contribution >= 4 is 17.3 Å². The van der Waals surface area contributed by atoms with Crippen molar-refractivity contribution in [3.63, 3.8) is 0 Å². The van der Waals surface area contributed by atoms with Crippen molar-refractivity contribution in [2.24, 2.45) is 0 Å². The largest absolute Gasteiger partial charge is 0.469 e. The Morgan fingerprint density at radius 3 is 2.78 bits per heavy atom. The molecule has 0 atom stereocenters. The monoisotopic (exact) mass is 265 g/mol. The molecule has 1 aromatic carbocycles. The summed E-state index contributed by atoms with van der Waals surface area (Å²) in [6.45, 7) is 0. The Morgan fingerprint density at radius 2 is 2.11 bits per heavy atom. The fraction of sp³-hybridized carbons (Fsp3) is 0.231. The highest BCUT2D eigenvalue weighted by Gasteiger charge is 2.07. The molecule has 3 nitrogen and oxygen atoms in total. The predicted molar refractivity (Wildman–Crippen MR) is 67.8 cm³/mol. The molecule has 2 aromatic rings. The summed E-state index contributed by atoms with van der Waals surface area (Å²) in [5, 5.41) is 2.73. The molecule has 18 heavy (non-hydrogen) atoms. The van der Waals surface area contributed by atoms with Crippen LogP contribution in [0.25, 0.3) is 10.6 Å². The fourth-order valence-corrected chi connectivity index (χ4v) is 2.34. The van der Waals surface area contributed by atoms with Crippen molar-refractivity contribution in [2.45, 2.75) is 12.8 Å². The van der Waals surface area contributed by atoms with E-state index >= 15 is 0 Å². The van der Waals surface area contributed by atoms with Gasteiger partial charge in [0.2, 0.25) is 0 Å². The van der Waals surface area contributed by atoms with Crippen LogP contribution in [0.5, 0.6) is 0 Å². The second-order valence-electron chi connectivity index (χ2n) is 3.73. The van der Waals surface area contributed by atoms with Gasteiger partial charge in [0.25, 0.3) is 0 Å². The molecule has 0 amide bonds. The van der Waals surface area contributed by atoms with Crippen molar-refractivity contribution in [3.8, 4) is 10.6 Å². The van der Waals surface area contributed by atoms with Gasteiger partial charge in [0.1, 0.15) is 10.8 Å². The second kappa shape index (κ2) is 5.73. The third kappa shape index (κ3) is 3.13. The van der Waals surface area contributed by atoms with Crippen molar-refractivity contribution < 1.29 is 13.9 Å². The summed E-state index contributed by atoms with van der Waals surface area (Å²) >= 11 is 1.48. The molecular formula is C13H12FNO2S. The predicted octanol–water partition coefficient (Wildman–Crippen LogP) is 3.05. The highest BCUT2D eigenvalue weighted by atomic mass is 32.1. The molecule has 0 aliphatic rings. The molecule has 0 fully saturated rings. The van der Waals surface area contributed by atoms with E-state index in [1.807, 2.05) is 5.38 Å². The van der Waals surface area contributed by atoms with E-state index < -0.39 is 0 Å². The van der Waals surface area contributed by atoms with Crippen LogP contribution in [0.15, 0.2) is 29.6 Å². The van der Waals surface area contributed by atoms with E-state index in [2.05, 4.69) is 9.72 Å². The Balaban J connectivity index is 2.06. The number of benzene rings is 1. The molecule has 0 radical (unpaired) electrons. The first-order valence-electron chi connectivity index (χ1n) is 5.46. The zero-order valence-corrected chi connectivity index (χ0v) is 10.7. The number of esters is 1. The topological polar surface area (TPSA) is 39.2 Å². The second-order valence-corrected chi connectivity index (χ2v) is 4.59. The lowest BCUT2D eigenvalue weighted by Gasteiger charge is -1.97. The number of carbonyl (C=O) groups excluding carboxylic acids is 1. The average molecular weight is 265 g/mol. The van der Waals surface area contributed by atoms with Gasteiger partial charge in [-0.05, 0) is 24.3 Å². The lowest BCUT2D eigenvalue weighted by atomic mass is 10.2. The Bertz CT molecular complexity index is 536. The van der Waals surface area contributed by atoms with Crippen LogP contribution in [-0.4, -0.2) is 18.1 Å². The molecule has 0 N–H and O–H groups in total. The van der Waals surface area contributed by atoms with E-state index in [1.54, 1.807) is 12.1 Å². The highest BCUT2D eigenvalue weighted by Crippen LogP contribution is 2.24. The number of methoxy groups -OCH3 is 1. The maximum atomic E-state index is 12.8. The first-order valence-corrected chi connectivity index (χ1v) is 6.34. The minimum atomic E-state index is -0.263. The van der Waals surface area contributed by atoms with E-state index in [1.165, 1.54) is 30.6 Å². The minimum Gasteiger partial charge on any atom is -0.469 e. The van der Waals surface area contributed by atoms with Crippen molar-refractivity contribution in [3.05, 3.63) is 41.2 Å². The number of thiazole rings is 1. The number of rotatable bonds is 4. The minimum absolute atomic E-state index is 0.244. The van der Waals surface area contributed by atoms with Gasteiger partial charge in [-0.2, -0.15) is 0 Å². The molecule has 94 valence electrons. The van der Waals surface area contributed by atoms with Gasteiger partial charge in [0, 0.05) is 17.4 Å². The van der Waals surface area contributed by atoms with E-state index in [4.69, 9.17) is 0 Å². The van der Waals surface area contributed by atoms with Crippen LogP contribution in [0.1, 0.15) is 12.1 Å². The van der Waals surface area contributed by atoms with Gasteiger partial charge < -0.3 is 4.74 Å². The quantitative estimate of drug-likeness (QED) is 0.798. The lowest BCUT2D eigenvalue weighted by molar-refractivity contribution is -0.140. The number of aryl methyl sites for hydroxylation is 1. The number of hydrogen-bond donors (Lipinski definition) is 0. The SMILES string of the molecule is COC(=O)CCc1csc(-c2ccc(F)cc2)n1. The van der Waals surface area contributed by atoms with Crippen LogP contribution < -0.4 is 0 Å². The Hall–Kier alpha value is -1.75. The smallest absolute Gasteiger partial charge is 0.305 e. The Morgan fingerprint density at radius 1 is 1.39 bits per heavy atom. The molecule has 1 heterocycles. The number of carbonyl (C=O) groups is 1. The third-order valence-corrected chi connectivity index (χ3v) is 3.40. The van der Waals surface area contributed by atoms with Crippen molar-refractivity contribution in [1.82, 2.24) is 4.98 Å². The summed E-state index contributed by atoms with van der Waals surface area (Å²) in [7, 11) is 1.37. The van der Waals surface area contributed by atoms with E-state index in [0.29, 0.717) is 12.8 Å². The van der Waals surface area contributed by atoms with Gasteiger partial charge in [-0.3, -0.25) is 4.79 Å². The standard InChI is InChI=1S/C13H12FNO2S/c1-17-12(16)7-6-11-8-18-13(15-11)9-2-4-10(14)5-3-9/h2-5,8H,6-7H2,1H3. The summed E-state index contributed by atoms with van der Waals surface area (Å²) in [5.74, 6) is -0.507. The van der Waals surface area contributed by atoms with E-state index in [-0.39, 0.29) is 11.8 Å². The summed E-state index contributed by atoms with van der Waals surface area (Å²) in [6, 6.07) is 6.20. The summed E-state index contributed by atoms with van der Waals surface area (Å²) in [6.07, 6.45) is 0.882. The molecule has 0 saturated carbocycles. The Labute approximate surface area is 108 Å². The van der Waals surface area contributed by atoms with Gasteiger partial charge in [0.15, 0.2) is 0 Å². The molecule has 1 aromatic heterocycles. The van der Waals surface area contributed by atoms with Gasteiger partial charge >= 0.3 is 5.97 Å². The van der Waals surface area contributed by atoms with Crippen molar-refractivity contribution in [2.75, 3.05) is 7.11 Å². The first kappa shape index (κ1) is 12.7. The molecule has 2 rings (SSSR count). The number of halogens is 1. The van der Waals surface area contributed by atoms with Crippen LogP contribution in [0.4, 0.5) is 4.39 Å².